The Morgan fingerprint density at radius 1 is 1.56 bits per heavy atom. The maximum absolute atomic E-state index is 10.8. The molecule has 16 heavy (non-hydrogen) atoms. The smallest absolute Gasteiger partial charge is 0.318 e. The van der Waals surface area contributed by atoms with Crippen LogP contribution in [0.3, 0.4) is 0 Å². The van der Waals surface area contributed by atoms with Gasteiger partial charge < -0.3 is 10.2 Å². The van der Waals surface area contributed by atoms with E-state index < -0.39 is 11.2 Å². The van der Waals surface area contributed by atoms with Crippen molar-refractivity contribution in [2.75, 3.05) is 6.54 Å². The van der Waals surface area contributed by atoms with Crippen LogP contribution >= 0.6 is 23.4 Å². The highest BCUT2D eigenvalue weighted by molar-refractivity contribution is 8.01. The van der Waals surface area contributed by atoms with Gasteiger partial charge >= 0.3 is 5.97 Å². The summed E-state index contributed by atoms with van der Waals surface area (Å²) in [5.74, 6) is -0.720. The van der Waals surface area contributed by atoms with Gasteiger partial charge in [0.05, 0.1) is 5.37 Å². The van der Waals surface area contributed by atoms with Crippen LogP contribution in [0.25, 0.3) is 0 Å². The molecule has 0 aliphatic carbocycles. The summed E-state index contributed by atoms with van der Waals surface area (Å²) in [6.07, 6.45) is 0. The van der Waals surface area contributed by atoms with Crippen LogP contribution in [0, 0.1) is 0 Å². The Morgan fingerprint density at radius 2 is 2.31 bits per heavy atom. The SMILES string of the molecule is O=C(O)C1CNC(c2cc(Cl)ccc2O)S1. The van der Waals surface area contributed by atoms with Crippen molar-refractivity contribution in [3.8, 4) is 5.75 Å². The Morgan fingerprint density at radius 3 is 2.94 bits per heavy atom. The van der Waals surface area contributed by atoms with Crippen molar-refractivity contribution in [3.05, 3.63) is 28.8 Å². The van der Waals surface area contributed by atoms with Crippen LogP contribution in [-0.4, -0.2) is 28.0 Å². The lowest BCUT2D eigenvalue weighted by Crippen LogP contribution is -2.21. The Kier molecular flexibility index (Phi) is 3.28. The van der Waals surface area contributed by atoms with Gasteiger partial charge in [-0.3, -0.25) is 10.1 Å². The summed E-state index contributed by atoms with van der Waals surface area (Å²) in [6, 6.07) is 4.74. The van der Waals surface area contributed by atoms with Gasteiger partial charge in [-0.1, -0.05) is 11.6 Å². The number of thioether (sulfide) groups is 1. The zero-order chi connectivity index (χ0) is 11.7. The lowest BCUT2D eigenvalue weighted by molar-refractivity contribution is -0.136. The summed E-state index contributed by atoms with van der Waals surface area (Å²) in [5.41, 5.74) is 0.626. The maximum atomic E-state index is 10.8. The predicted molar refractivity (Wildman–Crippen MR) is 62.9 cm³/mol. The highest BCUT2D eigenvalue weighted by Gasteiger charge is 2.32. The third kappa shape index (κ3) is 2.26. The number of halogens is 1. The molecular formula is C10H10ClNO3S. The topological polar surface area (TPSA) is 69.6 Å². The molecule has 86 valence electrons. The molecular weight excluding hydrogens is 250 g/mol. The molecule has 1 aromatic carbocycles. The number of aliphatic carboxylic acids is 1. The van der Waals surface area contributed by atoms with Crippen molar-refractivity contribution in [1.82, 2.24) is 5.32 Å². The van der Waals surface area contributed by atoms with E-state index in [1.165, 1.54) is 17.8 Å². The molecule has 3 N–H and O–H groups in total. The van der Waals surface area contributed by atoms with E-state index in [9.17, 15) is 9.90 Å². The van der Waals surface area contributed by atoms with Gasteiger partial charge in [0, 0.05) is 17.1 Å². The molecule has 2 unspecified atom stereocenters. The number of phenolic OH excluding ortho intramolecular Hbond substituents is 1. The Balaban J connectivity index is 2.20. The number of hydrogen-bond acceptors (Lipinski definition) is 4. The first-order valence-electron chi connectivity index (χ1n) is 4.68. The molecule has 6 heteroatoms. The number of nitrogens with one attached hydrogen (secondary N) is 1. The molecule has 1 saturated heterocycles. The molecule has 0 aromatic heterocycles. The number of aromatic hydroxyl groups is 1. The minimum atomic E-state index is -0.846. The van der Waals surface area contributed by atoms with E-state index in [1.807, 2.05) is 0 Å². The molecule has 0 radical (unpaired) electrons. The summed E-state index contributed by atoms with van der Waals surface area (Å²) >= 11 is 7.10. The summed E-state index contributed by atoms with van der Waals surface area (Å²) < 4.78 is 0. The van der Waals surface area contributed by atoms with E-state index in [1.54, 1.807) is 12.1 Å². The zero-order valence-corrected chi connectivity index (χ0v) is 9.76. The molecule has 1 aliphatic rings. The summed E-state index contributed by atoms with van der Waals surface area (Å²) in [6.45, 7) is 0.386. The average Bonchev–Trinajstić information content (AvgIpc) is 2.70. The highest BCUT2D eigenvalue weighted by Crippen LogP contribution is 2.39. The molecule has 1 aromatic rings. The van der Waals surface area contributed by atoms with Crippen molar-refractivity contribution >= 4 is 29.3 Å². The Hall–Kier alpha value is -0.910. The third-order valence-corrected chi connectivity index (χ3v) is 3.96. The van der Waals surface area contributed by atoms with E-state index in [-0.39, 0.29) is 11.1 Å². The largest absolute Gasteiger partial charge is 0.508 e. The molecule has 4 nitrogen and oxygen atoms in total. The minimum absolute atomic E-state index is 0.125. The molecule has 0 amide bonds. The van der Waals surface area contributed by atoms with Gasteiger partial charge in [-0.25, -0.2) is 0 Å². The second-order valence-corrected chi connectivity index (χ2v) is 5.20. The van der Waals surface area contributed by atoms with Gasteiger partial charge in [-0.2, -0.15) is 0 Å². The molecule has 1 heterocycles. The molecule has 2 rings (SSSR count). The van der Waals surface area contributed by atoms with E-state index >= 15 is 0 Å². The predicted octanol–water partition coefficient (Wildman–Crippen LogP) is 1.83. The molecule has 1 fully saturated rings. The lowest BCUT2D eigenvalue weighted by Gasteiger charge is -2.12. The molecule has 2 atom stereocenters. The van der Waals surface area contributed by atoms with Crippen molar-refractivity contribution in [2.24, 2.45) is 0 Å². The van der Waals surface area contributed by atoms with Crippen LogP contribution in [0.2, 0.25) is 5.02 Å². The first-order chi connectivity index (χ1) is 7.58. The summed E-state index contributed by atoms with van der Waals surface area (Å²) in [5, 5.41) is 21.4. The Bertz CT molecular complexity index is 427. The molecule has 1 aliphatic heterocycles. The number of carboxylic acid groups (broad SMARTS) is 1. The number of benzene rings is 1. The normalized spacial score (nSPS) is 24.6. The average molecular weight is 260 g/mol. The first kappa shape index (κ1) is 11.6. The minimum Gasteiger partial charge on any atom is -0.508 e. The van der Waals surface area contributed by atoms with Crippen LogP contribution in [0.1, 0.15) is 10.9 Å². The third-order valence-electron chi connectivity index (χ3n) is 2.34. The van der Waals surface area contributed by atoms with Gasteiger partial charge in [0.15, 0.2) is 0 Å². The zero-order valence-electron chi connectivity index (χ0n) is 8.18. The summed E-state index contributed by atoms with van der Waals surface area (Å²) in [4.78, 5) is 10.8. The van der Waals surface area contributed by atoms with E-state index in [2.05, 4.69) is 5.32 Å². The maximum Gasteiger partial charge on any atom is 0.318 e. The first-order valence-corrected chi connectivity index (χ1v) is 6.00. The fourth-order valence-corrected chi connectivity index (χ4v) is 2.88. The van der Waals surface area contributed by atoms with E-state index in [0.717, 1.165) is 0 Å². The van der Waals surface area contributed by atoms with E-state index in [0.29, 0.717) is 17.1 Å². The van der Waals surface area contributed by atoms with Crippen LogP contribution in [0.4, 0.5) is 0 Å². The van der Waals surface area contributed by atoms with Gasteiger partial charge in [-0.05, 0) is 18.2 Å². The highest BCUT2D eigenvalue weighted by atomic mass is 35.5. The van der Waals surface area contributed by atoms with Crippen molar-refractivity contribution < 1.29 is 15.0 Å². The lowest BCUT2D eigenvalue weighted by atomic mass is 10.2. The van der Waals surface area contributed by atoms with Gasteiger partial charge in [0.2, 0.25) is 0 Å². The van der Waals surface area contributed by atoms with Gasteiger partial charge in [0.1, 0.15) is 11.0 Å². The fraction of sp³-hybridized carbons (Fsp3) is 0.300. The van der Waals surface area contributed by atoms with Crippen molar-refractivity contribution in [2.45, 2.75) is 10.6 Å². The standard InChI is InChI=1S/C10H10ClNO3S/c11-5-1-2-7(13)6(3-5)9-12-4-8(16-9)10(14)15/h1-3,8-9,12-13H,4H2,(H,14,15). The molecule has 0 saturated carbocycles. The second-order valence-electron chi connectivity index (χ2n) is 3.45. The molecule has 0 bridgehead atoms. The van der Waals surface area contributed by atoms with E-state index in [4.69, 9.17) is 16.7 Å². The van der Waals surface area contributed by atoms with Crippen LogP contribution < -0.4 is 5.32 Å². The number of phenols is 1. The number of rotatable bonds is 2. The van der Waals surface area contributed by atoms with Crippen molar-refractivity contribution in [1.29, 1.82) is 0 Å². The fourth-order valence-electron chi connectivity index (χ4n) is 1.54. The van der Waals surface area contributed by atoms with Crippen LogP contribution in [-0.2, 0) is 4.79 Å². The second kappa shape index (κ2) is 4.53. The quantitative estimate of drug-likeness (QED) is 0.756. The Labute approximate surface area is 102 Å². The summed E-state index contributed by atoms with van der Waals surface area (Å²) in [7, 11) is 0. The van der Waals surface area contributed by atoms with Gasteiger partial charge in [-0.15, -0.1) is 11.8 Å². The number of carboxylic acids is 1. The van der Waals surface area contributed by atoms with Crippen LogP contribution in [0.5, 0.6) is 5.75 Å². The monoisotopic (exact) mass is 259 g/mol. The van der Waals surface area contributed by atoms with Gasteiger partial charge in [0.25, 0.3) is 0 Å². The number of carbonyl (C=O) groups is 1. The number of hydrogen-bond donors (Lipinski definition) is 3. The van der Waals surface area contributed by atoms with Crippen LogP contribution in [0.15, 0.2) is 18.2 Å². The molecule has 0 spiro atoms. The van der Waals surface area contributed by atoms with Crippen molar-refractivity contribution in [3.63, 3.8) is 0 Å².